The average Bonchev–Trinajstić information content (AvgIpc) is 2.69. The van der Waals surface area contributed by atoms with Crippen molar-refractivity contribution in [2.24, 2.45) is 5.92 Å². The predicted octanol–water partition coefficient (Wildman–Crippen LogP) is 3.65. The molecule has 6 heteroatoms. The number of ether oxygens (including phenoxy) is 1. The molecule has 0 bridgehead atoms. The van der Waals surface area contributed by atoms with Crippen LogP contribution in [0.1, 0.15) is 19.7 Å². The molecule has 28 heavy (non-hydrogen) atoms. The van der Waals surface area contributed by atoms with Crippen molar-refractivity contribution < 1.29 is 9.53 Å². The molecule has 1 aromatic heterocycles. The zero-order valence-corrected chi connectivity index (χ0v) is 16.4. The summed E-state index contributed by atoms with van der Waals surface area (Å²) in [5, 5.41) is 1.02. The largest absolute Gasteiger partial charge is 0.482 e. The van der Waals surface area contributed by atoms with Crippen molar-refractivity contribution in [3.05, 3.63) is 54.4 Å². The summed E-state index contributed by atoms with van der Waals surface area (Å²) in [6, 6.07) is 15.6. The van der Waals surface area contributed by atoms with E-state index in [1.54, 1.807) is 4.90 Å². The number of rotatable bonds is 5. The maximum atomic E-state index is 12.5. The van der Waals surface area contributed by atoms with Crippen LogP contribution < -0.4 is 14.5 Å². The van der Waals surface area contributed by atoms with Crippen molar-refractivity contribution in [2.75, 3.05) is 30.0 Å². The first-order chi connectivity index (χ1) is 13.5. The van der Waals surface area contributed by atoms with Crippen molar-refractivity contribution in [2.45, 2.75) is 20.4 Å². The molecule has 0 atom stereocenters. The molecule has 0 saturated carbocycles. The number of amides is 1. The molecular weight excluding hydrogens is 352 g/mol. The minimum Gasteiger partial charge on any atom is -0.482 e. The van der Waals surface area contributed by atoms with Gasteiger partial charge in [0.25, 0.3) is 5.91 Å². The Morgan fingerprint density at radius 2 is 1.86 bits per heavy atom. The zero-order valence-electron chi connectivity index (χ0n) is 16.4. The molecule has 0 unspecified atom stereocenters. The lowest BCUT2D eigenvalue weighted by Gasteiger charge is -2.29. The highest BCUT2D eigenvalue weighted by Crippen LogP contribution is 2.33. The number of benzene rings is 2. The van der Waals surface area contributed by atoms with E-state index in [1.165, 1.54) is 0 Å². The van der Waals surface area contributed by atoms with E-state index in [-0.39, 0.29) is 12.5 Å². The Labute approximate surface area is 164 Å². The average molecular weight is 376 g/mol. The van der Waals surface area contributed by atoms with Gasteiger partial charge in [-0.3, -0.25) is 9.69 Å². The SMILES string of the molecule is CC(C)CN(C)c1nc(CN2C(=O)COc3ccccc32)nc2ccccc12. The van der Waals surface area contributed by atoms with Crippen LogP contribution in [-0.2, 0) is 11.3 Å². The van der Waals surface area contributed by atoms with Gasteiger partial charge in [-0.2, -0.15) is 0 Å². The summed E-state index contributed by atoms with van der Waals surface area (Å²) in [5.41, 5.74) is 1.64. The fourth-order valence-corrected chi connectivity index (χ4v) is 3.57. The standard InChI is InChI=1S/C22H24N4O2/c1-15(2)12-25(3)22-16-8-4-5-9-17(16)23-20(24-22)13-26-18-10-6-7-11-19(18)28-14-21(26)27/h4-11,15H,12-14H2,1-3H3. The van der Waals surface area contributed by atoms with E-state index in [1.807, 2.05) is 55.6 Å². The van der Waals surface area contributed by atoms with Crippen molar-refractivity contribution in [3.63, 3.8) is 0 Å². The first-order valence-electron chi connectivity index (χ1n) is 9.52. The van der Waals surface area contributed by atoms with E-state index in [4.69, 9.17) is 14.7 Å². The molecule has 1 aliphatic rings. The number of carbonyl (C=O) groups is 1. The van der Waals surface area contributed by atoms with Crippen LogP contribution >= 0.6 is 0 Å². The van der Waals surface area contributed by atoms with Gasteiger partial charge in [0.15, 0.2) is 12.4 Å². The summed E-state index contributed by atoms with van der Waals surface area (Å²) in [6.07, 6.45) is 0. The van der Waals surface area contributed by atoms with Crippen molar-refractivity contribution in [1.29, 1.82) is 0 Å². The van der Waals surface area contributed by atoms with Crippen LogP contribution in [0.15, 0.2) is 48.5 Å². The Hall–Kier alpha value is -3.15. The van der Waals surface area contributed by atoms with Crippen molar-refractivity contribution >= 4 is 28.3 Å². The molecular formula is C22H24N4O2. The summed E-state index contributed by atoms with van der Waals surface area (Å²) in [7, 11) is 2.05. The summed E-state index contributed by atoms with van der Waals surface area (Å²) in [4.78, 5) is 25.9. The minimum absolute atomic E-state index is 0.0324. The fraction of sp³-hybridized carbons (Fsp3) is 0.318. The van der Waals surface area contributed by atoms with Gasteiger partial charge >= 0.3 is 0 Å². The van der Waals surface area contributed by atoms with Crippen molar-refractivity contribution in [1.82, 2.24) is 9.97 Å². The molecule has 0 fully saturated rings. The predicted molar refractivity (Wildman–Crippen MR) is 111 cm³/mol. The fourth-order valence-electron chi connectivity index (χ4n) is 3.57. The first-order valence-corrected chi connectivity index (χ1v) is 9.52. The van der Waals surface area contributed by atoms with Crippen LogP contribution in [0.5, 0.6) is 5.75 Å². The number of hydrogen-bond acceptors (Lipinski definition) is 5. The minimum atomic E-state index is -0.0902. The van der Waals surface area contributed by atoms with Gasteiger partial charge in [-0.15, -0.1) is 0 Å². The van der Waals surface area contributed by atoms with Crippen LogP contribution in [0.3, 0.4) is 0 Å². The van der Waals surface area contributed by atoms with E-state index in [0.29, 0.717) is 24.0 Å². The topological polar surface area (TPSA) is 58.6 Å². The second kappa shape index (κ2) is 7.46. The summed E-state index contributed by atoms with van der Waals surface area (Å²) in [5.74, 6) is 2.64. The van der Waals surface area contributed by atoms with Gasteiger partial charge in [-0.05, 0) is 30.2 Å². The van der Waals surface area contributed by atoms with Gasteiger partial charge in [0, 0.05) is 19.0 Å². The van der Waals surface area contributed by atoms with Gasteiger partial charge < -0.3 is 9.64 Å². The molecule has 0 spiro atoms. The Kier molecular flexibility index (Phi) is 4.86. The number of aromatic nitrogens is 2. The third-order valence-corrected chi connectivity index (χ3v) is 4.74. The highest BCUT2D eigenvalue weighted by Gasteiger charge is 2.26. The summed E-state index contributed by atoms with van der Waals surface area (Å²) < 4.78 is 5.54. The number of para-hydroxylation sites is 3. The molecule has 4 rings (SSSR count). The normalized spacial score (nSPS) is 13.6. The smallest absolute Gasteiger partial charge is 0.265 e. The molecule has 3 aromatic rings. The number of hydrogen-bond donors (Lipinski definition) is 0. The highest BCUT2D eigenvalue weighted by molar-refractivity contribution is 5.97. The second-order valence-corrected chi connectivity index (χ2v) is 7.49. The molecule has 6 nitrogen and oxygen atoms in total. The molecule has 0 aliphatic carbocycles. The summed E-state index contributed by atoms with van der Waals surface area (Å²) >= 11 is 0. The lowest BCUT2D eigenvalue weighted by molar-refractivity contribution is -0.121. The van der Waals surface area contributed by atoms with Crippen LogP contribution in [0.4, 0.5) is 11.5 Å². The Balaban J connectivity index is 1.74. The lowest BCUT2D eigenvalue weighted by atomic mass is 10.2. The maximum Gasteiger partial charge on any atom is 0.265 e. The Morgan fingerprint density at radius 1 is 1.11 bits per heavy atom. The van der Waals surface area contributed by atoms with Crippen LogP contribution in [0, 0.1) is 5.92 Å². The molecule has 2 aromatic carbocycles. The number of nitrogens with zero attached hydrogens (tertiary/aromatic N) is 4. The van der Waals surface area contributed by atoms with E-state index >= 15 is 0 Å². The third-order valence-electron chi connectivity index (χ3n) is 4.74. The number of carbonyl (C=O) groups excluding carboxylic acids is 1. The van der Waals surface area contributed by atoms with Gasteiger partial charge in [0.2, 0.25) is 0 Å². The number of fused-ring (bicyclic) bond motifs is 2. The van der Waals surface area contributed by atoms with Gasteiger partial charge in [-0.1, -0.05) is 38.1 Å². The first kappa shape index (κ1) is 18.2. The molecule has 1 aliphatic heterocycles. The zero-order chi connectivity index (χ0) is 19.7. The van der Waals surface area contributed by atoms with E-state index in [0.717, 1.165) is 29.0 Å². The monoisotopic (exact) mass is 376 g/mol. The van der Waals surface area contributed by atoms with Gasteiger partial charge in [0.05, 0.1) is 17.7 Å². The highest BCUT2D eigenvalue weighted by atomic mass is 16.5. The summed E-state index contributed by atoms with van der Waals surface area (Å²) in [6.45, 7) is 5.60. The quantitative estimate of drug-likeness (QED) is 0.680. The van der Waals surface area contributed by atoms with Gasteiger partial charge in [-0.25, -0.2) is 9.97 Å². The molecule has 0 saturated heterocycles. The molecule has 2 heterocycles. The van der Waals surface area contributed by atoms with Crippen LogP contribution in [-0.4, -0.2) is 36.1 Å². The Bertz CT molecular complexity index is 1020. The van der Waals surface area contributed by atoms with Crippen LogP contribution in [0.2, 0.25) is 0 Å². The van der Waals surface area contributed by atoms with Gasteiger partial charge in [0.1, 0.15) is 11.6 Å². The van der Waals surface area contributed by atoms with Crippen LogP contribution in [0.25, 0.3) is 10.9 Å². The Morgan fingerprint density at radius 3 is 2.68 bits per heavy atom. The number of anilines is 2. The van der Waals surface area contributed by atoms with Crippen molar-refractivity contribution in [3.8, 4) is 5.75 Å². The van der Waals surface area contributed by atoms with E-state index < -0.39 is 0 Å². The lowest BCUT2D eigenvalue weighted by Crippen LogP contribution is -2.38. The molecule has 1 amide bonds. The second-order valence-electron chi connectivity index (χ2n) is 7.49. The van der Waals surface area contributed by atoms with E-state index in [9.17, 15) is 4.79 Å². The van der Waals surface area contributed by atoms with E-state index in [2.05, 4.69) is 18.7 Å². The molecule has 0 radical (unpaired) electrons. The third kappa shape index (κ3) is 3.50. The molecule has 144 valence electrons. The molecule has 0 N–H and O–H groups in total. The maximum absolute atomic E-state index is 12.5.